The summed E-state index contributed by atoms with van der Waals surface area (Å²) in [6.07, 6.45) is 6.23. The Morgan fingerprint density at radius 3 is 2.15 bits per heavy atom. The van der Waals surface area contributed by atoms with Crippen molar-refractivity contribution in [3.63, 3.8) is 0 Å². The minimum absolute atomic E-state index is 0.0219. The Morgan fingerprint density at radius 2 is 1.50 bits per heavy atom. The predicted molar refractivity (Wildman–Crippen MR) is 130 cm³/mol. The number of carbonyl (C=O) groups is 2. The molecule has 34 heavy (non-hydrogen) atoms. The van der Waals surface area contributed by atoms with Gasteiger partial charge in [0.15, 0.2) is 5.75 Å². The van der Waals surface area contributed by atoms with Crippen molar-refractivity contribution in [2.24, 2.45) is 5.41 Å². The molecule has 182 valence electrons. The lowest BCUT2D eigenvalue weighted by atomic mass is 9.82. The number of unbranched alkanes of at least 4 members (excludes halogenated alkanes) is 1. The van der Waals surface area contributed by atoms with E-state index in [-0.39, 0.29) is 17.2 Å². The first-order chi connectivity index (χ1) is 16.4. The molecule has 8 nitrogen and oxygen atoms in total. The van der Waals surface area contributed by atoms with E-state index in [2.05, 4.69) is 19.8 Å². The van der Waals surface area contributed by atoms with Crippen LogP contribution in [-0.2, 0) is 16.2 Å². The van der Waals surface area contributed by atoms with Gasteiger partial charge < -0.3 is 9.64 Å². The molecule has 0 radical (unpaired) electrons. The van der Waals surface area contributed by atoms with Crippen molar-refractivity contribution in [2.75, 3.05) is 44.2 Å². The van der Waals surface area contributed by atoms with E-state index >= 15 is 0 Å². The second-order valence-electron chi connectivity index (χ2n) is 9.99. The second-order valence-corrected chi connectivity index (χ2v) is 9.99. The summed E-state index contributed by atoms with van der Waals surface area (Å²) in [6, 6.07) is 10.0. The molecule has 2 amide bonds. The zero-order valence-electron chi connectivity index (χ0n) is 20.3. The fourth-order valence-electron chi connectivity index (χ4n) is 4.53. The van der Waals surface area contributed by atoms with Gasteiger partial charge in [0, 0.05) is 45.6 Å². The maximum Gasteiger partial charge on any atom is 0.229 e. The van der Waals surface area contributed by atoms with Gasteiger partial charge in [-0.05, 0) is 30.4 Å². The number of rotatable bonds is 9. The summed E-state index contributed by atoms with van der Waals surface area (Å²) in [4.78, 5) is 39.6. The summed E-state index contributed by atoms with van der Waals surface area (Å²) in [5.74, 6) is 1.36. The number of aromatic nitrogens is 2. The number of imide groups is 1. The van der Waals surface area contributed by atoms with Gasteiger partial charge in [-0.25, -0.2) is 9.97 Å². The molecule has 0 spiro atoms. The summed E-state index contributed by atoms with van der Waals surface area (Å²) in [7, 11) is 0. The molecule has 2 fully saturated rings. The monoisotopic (exact) mass is 465 g/mol. The number of hydrogen-bond acceptors (Lipinski definition) is 7. The van der Waals surface area contributed by atoms with Gasteiger partial charge in [-0.15, -0.1) is 0 Å². The minimum Gasteiger partial charge on any atom is -0.486 e. The summed E-state index contributed by atoms with van der Waals surface area (Å²) in [6.45, 7) is 9.64. The van der Waals surface area contributed by atoms with Crippen LogP contribution in [0.2, 0.25) is 0 Å². The highest BCUT2D eigenvalue weighted by molar-refractivity contribution is 5.98. The quantitative estimate of drug-likeness (QED) is 0.416. The Bertz CT molecular complexity index is 936. The molecule has 2 saturated heterocycles. The lowest BCUT2D eigenvalue weighted by Crippen LogP contribution is -2.48. The van der Waals surface area contributed by atoms with Crippen LogP contribution < -0.4 is 9.64 Å². The van der Waals surface area contributed by atoms with Gasteiger partial charge in [-0.1, -0.05) is 44.2 Å². The molecule has 2 aliphatic heterocycles. The first-order valence-corrected chi connectivity index (χ1v) is 12.2. The van der Waals surface area contributed by atoms with E-state index in [4.69, 9.17) is 4.74 Å². The molecule has 0 aliphatic carbocycles. The summed E-state index contributed by atoms with van der Waals surface area (Å²) in [5, 5.41) is 0. The number of anilines is 1. The lowest BCUT2D eigenvalue weighted by Gasteiger charge is -2.35. The SMILES string of the molecule is CC1(C)CC(=O)N(CCCCN2CCN(c3ncc(OCc4ccccc4)cn3)CC2)C(=O)C1. The highest BCUT2D eigenvalue weighted by Crippen LogP contribution is 2.31. The number of benzene rings is 1. The Kier molecular flexibility index (Phi) is 7.77. The zero-order chi connectivity index (χ0) is 24.0. The fraction of sp³-hybridized carbons (Fsp3) is 0.538. The molecule has 1 aromatic carbocycles. The Morgan fingerprint density at radius 1 is 0.882 bits per heavy atom. The van der Waals surface area contributed by atoms with Gasteiger partial charge in [0.1, 0.15) is 6.61 Å². The van der Waals surface area contributed by atoms with Crippen molar-refractivity contribution in [1.82, 2.24) is 19.8 Å². The number of piperazine rings is 1. The van der Waals surface area contributed by atoms with Crippen molar-refractivity contribution >= 4 is 17.8 Å². The van der Waals surface area contributed by atoms with Crippen molar-refractivity contribution < 1.29 is 14.3 Å². The van der Waals surface area contributed by atoms with E-state index in [1.807, 2.05) is 44.2 Å². The van der Waals surface area contributed by atoms with Crippen LogP contribution in [-0.4, -0.2) is 70.9 Å². The van der Waals surface area contributed by atoms with Gasteiger partial charge in [0.2, 0.25) is 17.8 Å². The third-order valence-corrected chi connectivity index (χ3v) is 6.49. The molecular formula is C26H35N5O3. The Labute approximate surface area is 201 Å². The number of likely N-dealkylation sites (tertiary alicyclic amines) is 1. The third kappa shape index (κ3) is 6.53. The van der Waals surface area contributed by atoms with Gasteiger partial charge in [0.25, 0.3) is 0 Å². The molecule has 8 heteroatoms. The van der Waals surface area contributed by atoms with E-state index in [0.717, 1.165) is 57.1 Å². The van der Waals surface area contributed by atoms with Crippen molar-refractivity contribution in [3.05, 3.63) is 48.3 Å². The molecule has 3 heterocycles. The van der Waals surface area contributed by atoms with E-state index in [9.17, 15) is 9.59 Å². The van der Waals surface area contributed by atoms with Crippen molar-refractivity contribution in [1.29, 1.82) is 0 Å². The molecule has 0 atom stereocenters. The van der Waals surface area contributed by atoms with Crippen LogP contribution in [0.3, 0.4) is 0 Å². The normalized spacial score (nSPS) is 18.9. The number of piperidine rings is 1. The number of hydrogen-bond donors (Lipinski definition) is 0. The number of ether oxygens (including phenoxy) is 1. The number of amides is 2. The molecule has 0 unspecified atom stereocenters. The molecular weight excluding hydrogens is 430 g/mol. The average molecular weight is 466 g/mol. The Hall–Kier alpha value is -3.00. The van der Waals surface area contributed by atoms with Crippen LogP contribution >= 0.6 is 0 Å². The molecule has 0 saturated carbocycles. The average Bonchev–Trinajstić information content (AvgIpc) is 2.82. The first-order valence-electron chi connectivity index (χ1n) is 12.2. The molecule has 2 aliphatic rings. The van der Waals surface area contributed by atoms with Crippen molar-refractivity contribution in [3.8, 4) is 5.75 Å². The summed E-state index contributed by atoms with van der Waals surface area (Å²) >= 11 is 0. The highest BCUT2D eigenvalue weighted by atomic mass is 16.5. The summed E-state index contributed by atoms with van der Waals surface area (Å²) in [5.41, 5.74) is 0.907. The van der Waals surface area contributed by atoms with Crippen LogP contribution in [0.5, 0.6) is 5.75 Å². The molecule has 0 N–H and O–H groups in total. The van der Waals surface area contributed by atoms with Crippen LogP contribution in [0.25, 0.3) is 0 Å². The topological polar surface area (TPSA) is 78.9 Å². The minimum atomic E-state index is -0.205. The van der Waals surface area contributed by atoms with Gasteiger partial charge in [-0.3, -0.25) is 19.4 Å². The van der Waals surface area contributed by atoms with Gasteiger partial charge in [-0.2, -0.15) is 0 Å². The molecule has 2 aromatic rings. The van der Waals surface area contributed by atoms with Gasteiger partial charge >= 0.3 is 0 Å². The molecule has 1 aromatic heterocycles. The van der Waals surface area contributed by atoms with E-state index in [0.29, 0.717) is 31.7 Å². The zero-order valence-corrected chi connectivity index (χ0v) is 20.3. The maximum atomic E-state index is 12.3. The van der Waals surface area contributed by atoms with Gasteiger partial charge in [0.05, 0.1) is 12.4 Å². The maximum absolute atomic E-state index is 12.3. The number of carbonyl (C=O) groups excluding carboxylic acids is 2. The van der Waals surface area contributed by atoms with E-state index in [1.54, 1.807) is 12.4 Å². The summed E-state index contributed by atoms with van der Waals surface area (Å²) < 4.78 is 5.78. The third-order valence-electron chi connectivity index (χ3n) is 6.49. The Balaban J connectivity index is 1.14. The largest absolute Gasteiger partial charge is 0.486 e. The van der Waals surface area contributed by atoms with E-state index < -0.39 is 0 Å². The van der Waals surface area contributed by atoms with Crippen LogP contribution in [0.15, 0.2) is 42.7 Å². The standard InChI is InChI=1S/C26H35N5O3/c1-26(2)16-23(32)31(24(33)17-26)11-7-6-10-29-12-14-30(15-13-29)25-27-18-22(19-28-25)34-20-21-8-4-3-5-9-21/h3-5,8-9,18-19H,6-7,10-17,20H2,1-2H3. The first kappa shape index (κ1) is 24.1. The van der Waals surface area contributed by atoms with Crippen LogP contribution in [0, 0.1) is 5.41 Å². The molecule has 0 bridgehead atoms. The predicted octanol–water partition coefficient (Wildman–Crippen LogP) is 3.13. The van der Waals surface area contributed by atoms with Crippen LogP contribution in [0.1, 0.15) is 45.1 Å². The smallest absolute Gasteiger partial charge is 0.229 e. The highest BCUT2D eigenvalue weighted by Gasteiger charge is 2.36. The van der Waals surface area contributed by atoms with E-state index in [1.165, 1.54) is 4.90 Å². The van der Waals surface area contributed by atoms with Crippen molar-refractivity contribution in [2.45, 2.75) is 46.1 Å². The van der Waals surface area contributed by atoms with Crippen LogP contribution in [0.4, 0.5) is 5.95 Å². The lowest BCUT2D eigenvalue weighted by molar-refractivity contribution is -0.152. The molecule has 4 rings (SSSR count). The second kappa shape index (κ2) is 11.0. The fourth-order valence-corrected chi connectivity index (χ4v) is 4.53. The number of nitrogens with zero attached hydrogens (tertiary/aromatic N) is 5.